The molecule has 6 N–H and O–H groups in total. The lowest BCUT2D eigenvalue weighted by atomic mass is 10.2. The van der Waals surface area contributed by atoms with Gasteiger partial charge in [-0.2, -0.15) is 5.10 Å². The fourth-order valence-corrected chi connectivity index (χ4v) is 1.81. The summed E-state index contributed by atoms with van der Waals surface area (Å²) in [5.74, 6) is 0.609. The zero-order valence-electron chi connectivity index (χ0n) is 11.7. The molecular formula is C13H18N6O2. The second-order valence-corrected chi connectivity index (χ2v) is 4.33. The summed E-state index contributed by atoms with van der Waals surface area (Å²) in [6.45, 7) is 2.51. The summed E-state index contributed by atoms with van der Waals surface area (Å²) in [5, 5.41) is 22.3. The summed E-state index contributed by atoms with van der Waals surface area (Å²) in [7, 11) is 0. The molecule has 0 aromatic heterocycles. The van der Waals surface area contributed by atoms with Crippen molar-refractivity contribution in [1.29, 1.82) is 5.41 Å². The summed E-state index contributed by atoms with van der Waals surface area (Å²) in [6, 6.07) is 3.13. The standard InChI is InChI=1S/C13H18N6O2/c1-2-19-13(16)11(7-17-19)18-10-6-12(21-4-3-20)9(15)5-8(10)14/h5-7,16,20H,2-4,14-15H2,1H3. The van der Waals surface area contributed by atoms with E-state index in [1.165, 1.54) is 11.2 Å². The van der Waals surface area contributed by atoms with Gasteiger partial charge in [-0.1, -0.05) is 0 Å². The Morgan fingerprint density at radius 1 is 1.38 bits per heavy atom. The Kier molecular flexibility index (Phi) is 4.39. The van der Waals surface area contributed by atoms with Crippen LogP contribution < -0.4 is 16.2 Å². The Balaban J connectivity index is 2.32. The number of amidine groups is 1. The molecule has 0 atom stereocenters. The van der Waals surface area contributed by atoms with Gasteiger partial charge >= 0.3 is 0 Å². The zero-order chi connectivity index (χ0) is 15.4. The highest BCUT2D eigenvalue weighted by Gasteiger charge is 2.19. The minimum absolute atomic E-state index is 0.115. The van der Waals surface area contributed by atoms with Crippen LogP contribution in [-0.2, 0) is 0 Å². The number of hydrazone groups is 1. The second-order valence-electron chi connectivity index (χ2n) is 4.33. The van der Waals surface area contributed by atoms with E-state index in [1.807, 2.05) is 6.92 Å². The van der Waals surface area contributed by atoms with Gasteiger partial charge in [-0.25, -0.2) is 10.0 Å². The van der Waals surface area contributed by atoms with Crippen molar-refractivity contribution in [3.05, 3.63) is 12.1 Å². The van der Waals surface area contributed by atoms with Crippen molar-refractivity contribution < 1.29 is 9.84 Å². The number of nitrogens with one attached hydrogen (secondary N) is 1. The van der Waals surface area contributed by atoms with Crippen LogP contribution in [0.5, 0.6) is 5.75 Å². The van der Waals surface area contributed by atoms with Crippen molar-refractivity contribution in [3.8, 4) is 5.75 Å². The molecule has 2 rings (SSSR count). The van der Waals surface area contributed by atoms with Crippen LogP contribution in [0.3, 0.4) is 0 Å². The average molecular weight is 290 g/mol. The maximum absolute atomic E-state index is 8.79. The highest BCUT2D eigenvalue weighted by molar-refractivity contribution is 6.63. The molecule has 1 aromatic rings. The van der Waals surface area contributed by atoms with Gasteiger partial charge in [-0.3, -0.25) is 5.41 Å². The molecule has 0 unspecified atom stereocenters. The SMILES string of the molecule is CCN1N=CC(=Nc2cc(OCCO)c(N)cc2N)C1=N. The molecule has 0 saturated heterocycles. The molecule has 21 heavy (non-hydrogen) atoms. The van der Waals surface area contributed by atoms with Gasteiger partial charge in [0.25, 0.3) is 0 Å². The van der Waals surface area contributed by atoms with E-state index in [0.717, 1.165) is 0 Å². The van der Waals surface area contributed by atoms with Crippen LogP contribution in [0.1, 0.15) is 6.92 Å². The number of nitrogens with two attached hydrogens (primary N) is 2. The van der Waals surface area contributed by atoms with Crippen molar-refractivity contribution >= 4 is 34.8 Å². The van der Waals surface area contributed by atoms with E-state index in [9.17, 15) is 0 Å². The highest BCUT2D eigenvalue weighted by Crippen LogP contribution is 2.33. The molecule has 1 aliphatic heterocycles. The van der Waals surface area contributed by atoms with E-state index >= 15 is 0 Å². The lowest BCUT2D eigenvalue weighted by molar-refractivity contribution is 0.202. The number of aliphatic imine (C=N–C) groups is 1. The zero-order valence-corrected chi connectivity index (χ0v) is 11.7. The summed E-state index contributed by atoms with van der Waals surface area (Å²) in [6.07, 6.45) is 1.51. The van der Waals surface area contributed by atoms with Crippen molar-refractivity contribution in [1.82, 2.24) is 5.01 Å². The second kappa shape index (κ2) is 6.23. The Morgan fingerprint density at radius 3 is 2.76 bits per heavy atom. The third-order valence-corrected chi connectivity index (χ3v) is 2.87. The van der Waals surface area contributed by atoms with Gasteiger partial charge in [0.05, 0.1) is 29.9 Å². The lowest BCUT2D eigenvalue weighted by Crippen LogP contribution is -2.25. The first-order chi connectivity index (χ1) is 10.1. The maximum atomic E-state index is 8.79. The van der Waals surface area contributed by atoms with Crippen molar-refractivity contribution in [2.45, 2.75) is 6.92 Å². The Hall–Kier alpha value is -2.61. The normalized spacial score (nSPS) is 16.0. The van der Waals surface area contributed by atoms with Crippen LogP contribution in [0.4, 0.5) is 17.1 Å². The topological polar surface area (TPSA) is 133 Å². The van der Waals surface area contributed by atoms with Gasteiger partial charge in [-0.15, -0.1) is 0 Å². The van der Waals surface area contributed by atoms with Crippen LogP contribution >= 0.6 is 0 Å². The molecule has 8 heteroatoms. The fourth-order valence-electron chi connectivity index (χ4n) is 1.81. The number of aliphatic hydroxyl groups excluding tert-OH is 1. The van der Waals surface area contributed by atoms with E-state index < -0.39 is 0 Å². The molecule has 112 valence electrons. The smallest absolute Gasteiger partial charge is 0.169 e. The van der Waals surface area contributed by atoms with Crippen molar-refractivity contribution in [3.63, 3.8) is 0 Å². The van der Waals surface area contributed by atoms with Crippen LogP contribution in [0.15, 0.2) is 22.2 Å². The quantitative estimate of drug-likeness (QED) is 0.589. The number of aliphatic hydroxyl groups is 1. The Bertz CT molecular complexity index is 611. The Labute approximate surface area is 122 Å². The van der Waals surface area contributed by atoms with Gasteiger partial charge in [0, 0.05) is 12.6 Å². The number of benzene rings is 1. The van der Waals surface area contributed by atoms with Gasteiger partial charge < -0.3 is 21.3 Å². The predicted octanol–water partition coefficient (Wildman–Crippen LogP) is 0.593. The third kappa shape index (κ3) is 3.11. The number of hydrogen-bond acceptors (Lipinski definition) is 7. The molecule has 0 fully saturated rings. The molecule has 1 aromatic carbocycles. The van der Waals surface area contributed by atoms with Crippen LogP contribution in [0.25, 0.3) is 0 Å². The lowest BCUT2D eigenvalue weighted by Gasteiger charge is -2.12. The summed E-state index contributed by atoms with van der Waals surface area (Å²) in [5.41, 5.74) is 13.3. The number of hydrogen-bond donors (Lipinski definition) is 4. The molecule has 0 spiro atoms. The molecule has 0 aliphatic carbocycles. The van der Waals surface area contributed by atoms with E-state index in [2.05, 4.69) is 10.1 Å². The monoisotopic (exact) mass is 290 g/mol. The Morgan fingerprint density at radius 2 is 2.14 bits per heavy atom. The number of anilines is 2. The minimum Gasteiger partial charge on any atom is -0.489 e. The molecule has 8 nitrogen and oxygen atoms in total. The van der Waals surface area contributed by atoms with Gasteiger partial charge in [0.15, 0.2) is 5.84 Å². The average Bonchev–Trinajstić information content (AvgIpc) is 2.81. The van der Waals surface area contributed by atoms with Gasteiger partial charge in [-0.05, 0) is 13.0 Å². The van der Waals surface area contributed by atoms with Gasteiger partial charge in [0.2, 0.25) is 0 Å². The van der Waals surface area contributed by atoms with E-state index in [4.69, 9.17) is 26.7 Å². The number of nitrogen functional groups attached to an aromatic ring is 2. The molecule has 0 radical (unpaired) electrons. The molecule has 1 heterocycles. The van der Waals surface area contributed by atoms with Gasteiger partial charge in [0.1, 0.15) is 18.1 Å². The first-order valence-corrected chi connectivity index (χ1v) is 6.48. The van der Waals surface area contributed by atoms with E-state index in [0.29, 0.717) is 35.1 Å². The summed E-state index contributed by atoms with van der Waals surface area (Å²) < 4.78 is 5.32. The van der Waals surface area contributed by atoms with Crippen molar-refractivity contribution in [2.75, 3.05) is 31.2 Å². The summed E-state index contributed by atoms with van der Waals surface area (Å²) in [4.78, 5) is 4.32. The highest BCUT2D eigenvalue weighted by atomic mass is 16.5. The van der Waals surface area contributed by atoms with Crippen LogP contribution in [0.2, 0.25) is 0 Å². The van der Waals surface area contributed by atoms with E-state index in [1.54, 1.807) is 12.1 Å². The predicted molar refractivity (Wildman–Crippen MR) is 83.5 cm³/mol. The number of nitrogens with zero attached hydrogens (tertiary/aromatic N) is 3. The molecule has 0 bridgehead atoms. The largest absolute Gasteiger partial charge is 0.489 e. The third-order valence-electron chi connectivity index (χ3n) is 2.87. The number of rotatable bonds is 5. The molecule has 1 aliphatic rings. The molecule has 0 saturated carbocycles. The van der Waals surface area contributed by atoms with E-state index in [-0.39, 0.29) is 19.0 Å². The fraction of sp³-hybridized carbons (Fsp3) is 0.308. The van der Waals surface area contributed by atoms with Crippen molar-refractivity contribution in [2.24, 2.45) is 10.1 Å². The molecule has 0 amide bonds. The van der Waals surface area contributed by atoms with Crippen LogP contribution in [-0.4, -0.2) is 47.6 Å². The maximum Gasteiger partial charge on any atom is 0.169 e. The van der Waals surface area contributed by atoms with Crippen LogP contribution in [0, 0.1) is 5.41 Å². The summed E-state index contributed by atoms with van der Waals surface area (Å²) >= 11 is 0. The minimum atomic E-state index is -0.115. The first-order valence-electron chi connectivity index (χ1n) is 6.48. The molecular weight excluding hydrogens is 272 g/mol. The number of ether oxygens (including phenoxy) is 1. The first kappa shape index (κ1) is 14.8.